The lowest BCUT2D eigenvalue weighted by molar-refractivity contribution is 0.108. The van der Waals surface area contributed by atoms with E-state index in [1.807, 2.05) is 0 Å². The highest BCUT2D eigenvalue weighted by molar-refractivity contribution is 9.10. The molecule has 1 saturated carbocycles. The molecule has 2 unspecified atom stereocenters. The van der Waals surface area contributed by atoms with Gasteiger partial charge < -0.3 is 10.1 Å². The molecule has 1 saturated heterocycles. The van der Waals surface area contributed by atoms with Crippen molar-refractivity contribution in [1.82, 2.24) is 9.78 Å². The molecule has 0 radical (unpaired) electrons. The van der Waals surface area contributed by atoms with Gasteiger partial charge >= 0.3 is 0 Å². The molecule has 2 aliphatic rings. The first-order valence-corrected chi connectivity index (χ1v) is 8.05. The van der Waals surface area contributed by atoms with E-state index in [0.29, 0.717) is 16.3 Å². The second-order valence-electron chi connectivity index (χ2n) is 5.81. The van der Waals surface area contributed by atoms with Crippen molar-refractivity contribution in [3.8, 4) is 0 Å². The first-order chi connectivity index (χ1) is 9.65. The SMILES string of the molecule is CC1OCCC1CNc1cnn(CC2CC2)c(=O)c1Br. The number of aromatic nitrogens is 2. The van der Waals surface area contributed by atoms with Crippen LogP contribution in [0.5, 0.6) is 0 Å². The maximum absolute atomic E-state index is 12.2. The van der Waals surface area contributed by atoms with Crippen LogP contribution in [-0.2, 0) is 11.3 Å². The van der Waals surface area contributed by atoms with Crippen molar-refractivity contribution in [1.29, 1.82) is 0 Å². The van der Waals surface area contributed by atoms with Gasteiger partial charge in [0.1, 0.15) is 4.47 Å². The van der Waals surface area contributed by atoms with Crippen LogP contribution in [0.15, 0.2) is 15.5 Å². The molecule has 0 amide bonds. The van der Waals surface area contributed by atoms with Crippen LogP contribution < -0.4 is 10.9 Å². The van der Waals surface area contributed by atoms with Gasteiger partial charge in [-0.15, -0.1) is 0 Å². The van der Waals surface area contributed by atoms with E-state index in [4.69, 9.17) is 4.74 Å². The van der Waals surface area contributed by atoms with Gasteiger partial charge in [0.2, 0.25) is 0 Å². The molecular formula is C14H20BrN3O2. The topological polar surface area (TPSA) is 56.1 Å². The second kappa shape index (κ2) is 5.85. The summed E-state index contributed by atoms with van der Waals surface area (Å²) in [5, 5.41) is 7.58. The number of nitrogens with one attached hydrogen (secondary N) is 1. The van der Waals surface area contributed by atoms with Crippen LogP contribution in [0.2, 0.25) is 0 Å². The van der Waals surface area contributed by atoms with Crippen molar-refractivity contribution in [2.75, 3.05) is 18.5 Å². The Hall–Kier alpha value is -0.880. The molecular weight excluding hydrogens is 322 g/mol. The molecule has 110 valence electrons. The minimum atomic E-state index is -0.0439. The standard InChI is InChI=1S/C14H20BrN3O2/c1-9-11(4-5-20-9)6-16-12-7-17-18(8-10-2-3-10)14(19)13(12)15/h7,9-11,16H,2-6,8H2,1H3. The number of rotatable bonds is 5. The van der Waals surface area contributed by atoms with Crippen LogP contribution in [0.1, 0.15) is 26.2 Å². The normalized spacial score (nSPS) is 25.9. The van der Waals surface area contributed by atoms with Crippen molar-refractivity contribution in [3.05, 3.63) is 21.0 Å². The highest BCUT2D eigenvalue weighted by Crippen LogP contribution is 2.30. The summed E-state index contributed by atoms with van der Waals surface area (Å²) in [6.45, 7) is 4.48. The van der Waals surface area contributed by atoms with Crippen molar-refractivity contribution in [2.45, 2.75) is 38.8 Å². The summed E-state index contributed by atoms with van der Waals surface area (Å²) in [4.78, 5) is 12.2. The zero-order valence-corrected chi connectivity index (χ0v) is 13.2. The fourth-order valence-electron chi connectivity index (χ4n) is 2.55. The Morgan fingerprint density at radius 2 is 2.30 bits per heavy atom. The van der Waals surface area contributed by atoms with Gasteiger partial charge in [0, 0.05) is 25.6 Å². The number of hydrogen-bond donors (Lipinski definition) is 1. The minimum absolute atomic E-state index is 0.0439. The average molecular weight is 342 g/mol. The third-order valence-electron chi connectivity index (χ3n) is 4.20. The fraction of sp³-hybridized carbons (Fsp3) is 0.714. The lowest BCUT2D eigenvalue weighted by Gasteiger charge is -2.16. The second-order valence-corrected chi connectivity index (χ2v) is 6.60. The summed E-state index contributed by atoms with van der Waals surface area (Å²) < 4.78 is 7.69. The predicted octanol–water partition coefficient (Wildman–Crippen LogP) is 2.25. The van der Waals surface area contributed by atoms with E-state index in [0.717, 1.165) is 31.8 Å². The van der Waals surface area contributed by atoms with Gasteiger partial charge in [-0.1, -0.05) is 0 Å². The lowest BCUT2D eigenvalue weighted by atomic mass is 10.0. The van der Waals surface area contributed by atoms with Crippen molar-refractivity contribution in [2.24, 2.45) is 11.8 Å². The Morgan fingerprint density at radius 3 is 2.95 bits per heavy atom. The Morgan fingerprint density at radius 1 is 1.50 bits per heavy atom. The zero-order chi connectivity index (χ0) is 14.1. The summed E-state index contributed by atoms with van der Waals surface area (Å²) in [5.41, 5.74) is 0.735. The highest BCUT2D eigenvalue weighted by atomic mass is 79.9. The largest absolute Gasteiger partial charge is 0.382 e. The van der Waals surface area contributed by atoms with Crippen molar-refractivity contribution in [3.63, 3.8) is 0 Å². The van der Waals surface area contributed by atoms with Gasteiger partial charge in [-0.05, 0) is 48.0 Å². The van der Waals surface area contributed by atoms with E-state index < -0.39 is 0 Å². The molecule has 3 rings (SSSR count). The molecule has 1 aliphatic carbocycles. The third kappa shape index (κ3) is 3.06. The molecule has 1 aromatic rings. The Bertz CT molecular complexity index is 542. The fourth-order valence-corrected chi connectivity index (χ4v) is 3.00. The molecule has 0 aromatic carbocycles. The smallest absolute Gasteiger partial charge is 0.283 e. The van der Waals surface area contributed by atoms with Crippen LogP contribution >= 0.6 is 15.9 Å². The van der Waals surface area contributed by atoms with Gasteiger partial charge in [-0.2, -0.15) is 5.10 Å². The molecule has 0 spiro atoms. The first kappa shape index (κ1) is 14.1. The number of nitrogens with zero attached hydrogens (tertiary/aromatic N) is 2. The summed E-state index contributed by atoms with van der Waals surface area (Å²) in [6, 6.07) is 0. The minimum Gasteiger partial charge on any atom is -0.382 e. The van der Waals surface area contributed by atoms with Crippen molar-refractivity contribution >= 4 is 21.6 Å². The molecule has 2 heterocycles. The monoisotopic (exact) mass is 341 g/mol. The van der Waals surface area contributed by atoms with Crippen LogP contribution in [-0.4, -0.2) is 29.0 Å². The molecule has 0 bridgehead atoms. The summed E-state index contributed by atoms with van der Waals surface area (Å²) >= 11 is 3.40. The molecule has 1 N–H and O–H groups in total. The number of anilines is 1. The zero-order valence-electron chi connectivity index (χ0n) is 11.6. The molecule has 5 nitrogen and oxygen atoms in total. The number of hydrogen-bond acceptors (Lipinski definition) is 4. The first-order valence-electron chi connectivity index (χ1n) is 7.26. The molecule has 1 aliphatic heterocycles. The summed E-state index contributed by atoms with van der Waals surface area (Å²) in [6.07, 6.45) is 5.52. The van der Waals surface area contributed by atoms with Crippen molar-refractivity contribution < 1.29 is 4.74 Å². The van der Waals surface area contributed by atoms with E-state index in [1.54, 1.807) is 10.9 Å². The molecule has 20 heavy (non-hydrogen) atoms. The molecule has 2 atom stereocenters. The van der Waals surface area contributed by atoms with Crippen LogP contribution in [0.3, 0.4) is 0 Å². The van der Waals surface area contributed by atoms with Gasteiger partial charge in [-0.25, -0.2) is 4.68 Å². The van der Waals surface area contributed by atoms with E-state index in [9.17, 15) is 4.79 Å². The number of ether oxygens (including phenoxy) is 1. The van der Waals surface area contributed by atoms with Gasteiger partial charge in [0.25, 0.3) is 5.56 Å². The van der Waals surface area contributed by atoms with Gasteiger partial charge in [0.15, 0.2) is 0 Å². The van der Waals surface area contributed by atoms with Crippen LogP contribution in [0, 0.1) is 11.8 Å². The Labute approximate surface area is 126 Å². The summed E-state index contributed by atoms with van der Waals surface area (Å²) in [5.74, 6) is 1.14. The van der Waals surface area contributed by atoms with E-state index in [1.165, 1.54) is 12.8 Å². The van der Waals surface area contributed by atoms with E-state index in [2.05, 4.69) is 33.3 Å². The van der Waals surface area contributed by atoms with Gasteiger partial charge in [-0.3, -0.25) is 4.79 Å². The quantitative estimate of drug-likeness (QED) is 0.892. The van der Waals surface area contributed by atoms with Crippen LogP contribution in [0.4, 0.5) is 5.69 Å². The molecule has 2 fully saturated rings. The van der Waals surface area contributed by atoms with Gasteiger partial charge in [0.05, 0.1) is 18.0 Å². The molecule has 6 heteroatoms. The maximum atomic E-state index is 12.2. The highest BCUT2D eigenvalue weighted by Gasteiger charge is 2.25. The Balaban J connectivity index is 1.67. The predicted molar refractivity (Wildman–Crippen MR) is 80.9 cm³/mol. The van der Waals surface area contributed by atoms with E-state index in [-0.39, 0.29) is 11.7 Å². The number of halogens is 1. The lowest BCUT2D eigenvalue weighted by Crippen LogP contribution is -2.27. The van der Waals surface area contributed by atoms with Crippen LogP contribution in [0.25, 0.3) is 0 Å². The Kier molecular flexibility index (Phi) is 4.12. The molecule has 1 aromatic heterocycles. The summed E-state index contributed by atoms with van der Waals surface area (Å²) in [7, 11) is 0. The van der Waals surface area contributed by atoms with E-state index >= 15 is 0 Å². The third-order valence-corrected chi connectivity index (χ3v) is 4.97. The maximum Gasteiger partial charge on any atom is 0.283 e. The average Bonchev–Trinajstić information content (AvgIpc) is 3.16.